The first-order valence-electron chi connectivity index (χ1n) is 6.75. The molecule has 0 aromatic carbocycles. The molecule has 3 atom stereocenters. The van der Waals surface area contributed by atoms with Gasteiger partial charge in [-0.25, -0.2) is 0 Å². The Hall–Kier alpha value is -1.40. The molecule has 1 rings (SSSR count). The average Bonchev–Trinajstić information content (AvgIpc) is 2.29. The molecule has 6 nitrogen and oxygen atoms in total. The monoisotopic (exact) mass is 284 g/mol. The SMILES string of the molecule is C=C[C@@H](C(=O)O)N1CC[C@H](C(=O)OC(C)(C)C)C[C@@H]1N. The molecule has 3 N–H and O–H groups in total. The van der Waals surface area contributed by atoms with E-state index in [9.17, 15) is 9.59 Å². The third-order valence-electron chi connectivity index (χ3n) is 3.26. The smallest absolute Gasteiger partial charge is 0.324 e. The van der Waals surface area contributed by atoms with E-state index in [-0.39, 0.29) is 11.9 Å². The van der Waals surface area contributed by atoms with Crippen molar-refractivity contribution in [1.82, 2.24) is 4.90 Å². The quantitative estimate of drug-likeness (QED) is 0.590. The third kappa shape index (κ3) is 4.31. The van der Waals surface area contributed by atoms with Crippen LogP contribution in [0.2, 0.25) is 0 Å². The number of piperidine rings is 1. The van der Waals surface area contributed by atoms with Crippen molar-refractivity contribution < 1.29 is 19.4 Å². The molecule has 6 heteroatoms. The van der Waals surface area contributed by atoms with Crippen LogP contribution in [0.4, 0.5) is 0 Å². The standard InChI is InChI=1S/C14H24N2O4/c1-5-10(12(17)18)16-7-6-9(8-11(16)15)13(19)20-14(2,3)4/h5,9-11H,1,6-8,15H2,2-4H3,(H,17,18)/t9-,10-,11+/m0/s1. The van der Waals surface area contributed by atoms with Gasteiger partial charge in [0.05, 0.1) is 12.1 Å². The number of ether oxygens (including phenoxy) is 1. The normalized spacial score (nSPS) is 25.8. The molecule has 0 bridgehead atoms. The summed E-state index contributed by atoms with van der Waals surface area (Å²) in [6.45, 7) is 9.42. The van der Waals surface area contributed by atoms with Gasteiger partial charge in [-0.15, -0.1) is 6.58 Å². The van der Waals surface area contributed by atoms with E-state index < -0.39 is 23.8 Å². The van der Waals surface area contributed by atoms with Crippen LogP contribution in [-0.4, -0.2) is 46.3 Å². The molecule has 0 spiro atoms. The van der Waals surface area contributed by atoms with Gasteiger partial charge >= 0.3 is 11.9 Å². The second-order valence-corrected chi connectivity index (χ2v) is 6.08. The minimum absolute atomic E-state index is 0.266. The first-order chi connectivity index (χ1) is 9.15. The zero-order valence-electron chi connectivity index (χ0n) is 12.3. The van der Waals surface area contributed by atoms with E-state index in [2.05, 4.69) is 6.58 Å². The summed E-state index contributed by atoms with van der Waals surface area (Å²) in [5, 5.41) is 9.11. The maximum Gasteiger partial charge on any atom is 0.324 e. The third-order valence-corrected chi connectivity index (χ3v) is 3.26. The zero-order chi connectivity index (χ0) is 15.5. The molecule has 114 valence electrons. The minimum atomic E-state index is -0.980. The van der Waals surface area contributed by atoms with Gasteiger partial charge in [-0.1, -0.05) is 6.08 Å². The van der Waals surface area contributed by atoms with Crippen molar-refractivity contribution in [2.45, 2.75) is 51.4 Å². The van der Waals surface area contributed by atoms with Crippen LogP contribution in [0.1, 0.15) is 33.6 Å². The van der Waals surface area contributed by atoms with Crippen molar-refractivity contribution in [3.63, 3.8) is 0 Å². The van der Waals surface area contributed by atoms with Gasteiger partial charge in [0.2, 0.25) is 0 Å². The highest BCUT2D eigenvalue weighted by atomic mass is 16.6. The first-order valence-corrected chi connectivity index (χ1v) is 6.75. The Labute approximate surface area is 119 Å². The number of esters is 1. The maximum atomic E-state index is 12.0. The lowest BCUT2D eigenvalue weighted by molar-refractivity contribution is -0.163. The molecular formula is C14H24N2O4. The fourth-order valence-corrected chi connectivity index (χ4v) is 2.34. The van der Waals surface area contributed by atoms with Gasteiger partial charge in [-0.05, 0) is 33.6 Å². The Bertz CT molecular complexity index is 389. The van der Waals surface area contributed by atoms with Crippen LogP contribution in [0.3, 0.4) is 0 Å². The number of carbonyl (C=O) groups excluding carboxylic acids is 1. The van der Waals surface area contributed by atoms with Crippen LogP contribution < -0.4 is 5.73 Å². The highest BCUT2D eigenvalue weighted by Gasteiger charge is 2.37. The summed E-state index contributed by atoms with van der Waals surface area (Å²) in [5.41, 5.74) is 5.47. The van der Waals surface area contributed by atoms with Crippen LogP contribution in [0.5, 0.6) is 0 Å². The van der Waals surface area contributed by atoms with E-state index >= 15 is 0 Å². The molecule has 0 amide bonds. The number of carbonyl (C=O) groups is 2. The lowest BCUT2D eigenvalue weighted by atomic mass is 9.93. The van der Waals surface area contributed by atoms with E-state index in [4.69, 9.17) is 15.6 Å². The highest BCUT2D eigenvalue weighted by Crippen LogP contribution is 2.25. The van der Waals surface area contributed by atoms with Gasteiger partial charge in [-0.3, -0.25) is 14.5 Å². The summed E-state index contributed by atoms with van der Waals surface area (Å²) in [5.74, 6) is -1.52. The minimum Gasteiger partial charge on any atom is -0.480 e. The Balaban J connectivity index is 2.65. The maximum absolute atomic E-state index is 12.0. The number of aliphatic carboxylic acids is 1. The number of nitrogens with zero attached hydrogens (tertiary/aromatic N) is 1. The highest BCUT2D eigenvalue weighted by molar-refractivity contribution is 5.76. The average molecular weight is 284 g/mol. The molecule has 0 unspecified atom stereocenters. The molecular weight excluding hydrogens is 260 g/mol. The zero-order valence-corrected chi connectivity index (χ0v) is 12.3. The number of hydrogen-bond acceptors (Lipinski definition) is 5. The molecule has 20 heavy (non-hydrogen) atoms. The van der Waals surface area contributed by atoms with Crippen LogP contribution in [0, 0.1) is 5.92 Å². The molecule has 1 saturated heterocycles. The van der Waals surface area contributed by atoms with Crippen molar-refractivity contribution in [1.29, 1.82) is 0 Å². The summed E-state index contributed by atoms with van der Waals surface area (Å²) < 4.78 is 5.35. The Morgan fingerprint density at radius 1 is 1.50 bits per heavy atom. The second-order valence-electron chi connectivity index (χ2n) is 6.08. The Morgan fingerprint density at radius 3 is 2.50 bits per heavy atom. The molecule has 0 aliphatic carbocycles. The number of carboxylic acids is 1. The van der Waals surface area contributed by atoms with Crippen molar-refractivity contribution in [3.05, 3.63) is 12.7 Å². The van der Waals surface area contributed by atoms with Crippen LogP contribution in [-0.2, 0) is 14.3 Å². The number of hydrogen-bond donors (Lipinski definition) is 2. The molecule has 1 aliphatic heterocycles. The van der Waals surface area contributed by atoms with Crippen molar-refractivity contribution in [3.8, 4) is 0 Å². The molecule has 1 heterocycles. The van der Waals surface area contributed by atoms with E-state index in [1.165, 1.54) is 6.08 Å². The Kier molecular flexibility index (Phi) is 5.30. The molecule has 1 fully saturated rings. The van der Waals surface area contributed by atoms with E-state index in [0.29, 0.717) is 19.4 Å². The summed E-state index contributed by atoms with van der Waals surface area (Å²) in [4.78, 5) is 24.8. The van der Waals surface area contributed by atoms with Crippen LogP contribution >= 0.6 is 0 Å². The predicted molar refractivity (Wildman–Crippen MR) is 74.9 cm³/mol. The van der Waals surface area contributed by atoms with E-state index in [1.54, 1.807) is 4.90 Å². The number of carboxylic acid groups (broad SMARTS) is 1. The topological polar surface area (TPSA) is 92.9 Å². The number of nitrogens with two attached hydrogens (primary N) is 1. The second kappa shape index (κ2) is 6.37. The van der Waals surface area contributed by atoms with Gasteiger partial charge in [-0.2, -0.15) is 0 Å². The van der Waals surface area contributed by atoms with Crippen LogP contribution in [0.15, 0.2) is 12.7 Å². The lowest BCUT2D eigenvalue weighted by Crippen LogP contribution is -2.55. The van der Waals surface area contributed by atoms with Gasteiger partial charge in [0.15, 0.2) is 0 Å². The molecule has 0 aromatic rings. The number of rotatable bonds is 4. The summed E-state index contributed by atoms with van der Waals surface area (Å²) in [6.07, 6.45) is 1.81. The van der Waals surface area contributed by atoms with Crippen molar-refractivity contribution in [2.75, 3.05) is 6.54 Å². The summed E-state index contributed by atoms with van der Waals surface area (Å²) in [7, 11) is 0. The summed E-state index contributed by atoms with van der Waals surface area (Å²) in [6, 6.07) is -0.815. The molecule has 0 saturated carbocycles. The van der Waals surface area contributed by atoms with E-state index in [0.717, 1.165) is 0 Å². The fourth-order valence-electron chi connectivity index (χ4n) is 2.34. The van der Waals surface area contributed by atoms with Gasteiger partial charge in [0.1, 0.15) is 11.6 Å². The largest absolute Gasteiger partial charge is 0.480 e. The predicted octanol–water partition coefficient (Wildman–Crippen LogP) is 0.964. The first kappa shape index (κ1) is 16.7. The molecule has 0 radical (unpaired) electrons. The molecule has 0 aromatic heterocycles. The Morgan fingerprint density at radius 2 is 2.10 bits per heavy atom. The van der Waals surface area contributed by atoms with Crippen LogP contribution in [0.25, 0.3) is 0 Å². The summed E-state index contributed by atoms with van der Waals surface area (Å²) >= 11 is 0. The van der Waals surface area contributed by atoms with Crippen molar-refractivity contribution >= 4 is 11.9 Å². The van der Waals surface area contributed by atoms with Gasteiger partial charge in [0, 0.05) is 6.54 Å². The van der Waals surface area contributed by atoms with Gasteiger partial charge < -0.3 is 15.6 Å². The lowest BCUT2D eigenvalue weighted by Gasteiger charge is -2.39. The molecule has 1 aliphatic rings. The van der Waals surface area contributed by atoms with E-state index in [1.807, 2.05) is 20.8 Å². The van der Waals surface area contributed by atoms with Gasteiger partial charge in [0.25, 0.3) is 0 Å². The fraction of sp³-hybridized carbons (Fsp3) is 0.714. The number of likely N-dealkylation sites (tertiary alicyclic amines) is 1. The van der Waals surface area contributed by atoms with Crippen molar-refractivity contribution in [2.24, 2.45) is 11.7 Å².